The van der Waals surface area contributed by atoms with Crippen molar-refractivity contribution in [3.8, 4) is 11.5 Å². The summed E-state index contributed by atoms with van der Waals surface area (Å²) in [5.41, 5.74) is 4.89. The van der Waals surface area contributed by atoms with Gasteiger partial charge in [-0.15, -0.1) is 0 Å². The van der Waals surface area contributed by atoms with Gasteiger partial charge < -0.3 is 14.8 Å². The molecule has 176 valence electrons. The van der Waals surface area contributed by atoms with E-state index in [9.17, 15) is 9.59 Å². The van der Waals surface area contributed by atoms with E-state index in [0.717, 1.165) is 22.6 Å². The van der Waals surface area contributed by atoms with E-state index in [-0.39, 0.29) is 24.7 Å². The smallest absolute Gasteiger partial charge is 0.240 e. The standard InChI is InChI=1S/C26H26ClN3O4/c1-2-33-23-13-9-22(10-14-23)29-25(31)15-16-26(32)30-28-17-19-5-11-24(12-6-19)34-18-20-3-7-21(27)8-4-20/h3-14,17H,2,15-16,18H2,1H3,(H,29,31)(H,30,32). The zero-order valence-electron chi connectivity index (χ0n) is 18.8. The second-order valence-electron chi connectivity index (χ2n) is 7.28. The Hall–Kier alpha value is -3.84. The maximum atomic E-state index is 12.0. The molecule has 0 unspecified atom stereocenters. The summed E-state index contributed by atoms with van der Waals surface area (Å²) in [5, 5.41) is 7.37. The van der Waals surface area contributed by atoms with E-state index in [1.165, 1.54) is 6.21 Å². The highest BCUT2D eigenvalue weighted by atomic mass is 35.5. The molecule has 2 amide bonds. The molecule has 0 aliphatic heterocycles. The first-order chi connectivity index (χ1) is 16.5. The predicted octanol–water partition coefficient (Wildman–Crippen LogP) is 5.19. The number of amides is 2. The van der Waals surface area contributed by atoms with Crippen LogP contribution < -0.4 is 20.2 Å². The summed E-state index contributed by atoms with van der Waals surface area (Å²) < 4.78 is 11.1. The molecule has 0 saturated heterocycles. The largest absolute Gasteiger partial charge is 0.494 e. The summed E-state index contributed by atoms with van der Waals surface area (Å²) in [6.07, 6.45) is 1.60. The summed E-state index contributed by atoms with van der Waals surface area (Å²) in [7, 11) is 0. The van der Waals surface area contributed by atoms with Crippen LogP contribution in [0.4, 0.5) is 5.69 Å². The molecule has 3 aromatic rings. The molecule has 0 radical (unpaired) electrons. The van der Waals surface area contributed by atoms with Gasteiger partial charge in [0.25, 0.3) is 0 Å². The van der Waals surface area contributed by atoms with Gasteiger partial charge in [-0.2, -0.15) is 5.10 Å². The van der Waals surface area contributed by atoms with Crippen LogP contribution in [0.25, 0.3) is 0 Å². The molecule has 3 rings (SSSR count). The van der Waals surface area contributed by atoms with Gasteiger partial charge in [0.05, 0.1) is 12.8 Å². The lowest BCUT2D eigenvalue weighted by Gasteiger charge is -2.07. The van der Waals surface area contributed by atoms with Gasteiger partial charge in [-0.05, 0) is 78.7 Å². The van der Waals surface area contributed by atoms with Crippen LogP contribution in [0.1, 0.15) is 30.9 Å². The number of ether oxygens (including phenoxy) is 2. The Bertz CT molecular complexity index is 1100. The molecule has 0 bridgehead atoms. The van der Waals surface area contributed by atoms with Crippen molar-refractivity contribution in [1.82, 2.24) is 5.43 Å². The number of nitrogens with zero attached hydrogens (tertiary/aromatic N) is 1. The number of hydrogen-bond donors (Lipinski definition) is 2. The van der Waals surface area contributed by atoms with Crippen molar-refractivity contribution in [3.05, 3.63) is 88.9 Å². The first-order valence-corrected chi connectivity index (χ1v) is 11.2. The highest BCUT2D eigenvalue weighted by Gasteiger charge is 2.07. The molecular weight excluding hydrogens is 454 g/mol. The van der Waals surface area contributed by atoms with Crippen molar-refractivity contribution < 1.29 is 19.1 Å². The summed E-state index contributed by atoms with van der Waals surface area (Å²) in [5.74, 6) is 0.853. The van der Waals surface area contributed by atoms with Gasteiger partial charge >= 0.3 is 0 Å². The quantitative estimate of drug-likeness (QED) is 0.292. The molecule has 0 spiro atoms. The Morgan fingerprint density at radius 1 is 0.853 bits per heavy atom. The third-order valence-electron chi connectivity index (χ3n) is 4.63. The lowest BCUT2D eigenvalue weighted by Crippen LogP contribution is -2.20. The number of carbonyl (C=O) groups is 2. The van der Waals surface area contributed by atoms with Crippen LogP contribution in [0.2, 0.25) is 5.02 Å². The van der Waals surface area contributed by atoms with Crippen LogP contribution >= 0.6 is 11.6 Å². The Morgan fingerprint density at radius 2 is 1.47 bits per heavy atom. The molecule has 7 nitrogen and oxygen atoms in total. The Morgan fingerprint density at radius 3 is 2.15 bits per heavy atom. The Labute approximate surface area is 203 Å². The van der Waals surface area contributed by atoms with E-state index in [4.69, 9.17) is 21.1 Å². The molecule has 3 aromatic carbocycles. The number of hydrogen-bond acceptors (Lipinski definition) is 5. The minimum Gasteiger partial charge on any atom is -0.494 e. The molecule has 0 fully saturated rings. The van der Waals surface area contributed by atoms with Gasteiger partial charge in [0, 0.05) is 23.6 Å². The first kappa shape index (κ1) is 24.8. The van der Waals surface area contributed by atoms with Crippen LogP contribution in [0.5, 0.6) is 11.5 Å². The number of nitrogens with one attached hydrogen (secondary N) is 2. The zero-order valence-corrected chi connectivity index (χ0v) is 19.5. The SMILES string of the molecule is CCOc1ccc(NC(=O)CCC(=O)NN=Cc2ccc(OCc3ccc(Cl)cc3)cc2)cc1. The number of carbonyl (C=O) groups excluding carboxylic acids is 2. The lowest BCUT2D eigenvalue weighted by molar-refractivity contribution is -0.124. The van der Waals surface area contributed by atoms with Gasteiger partial charge in [0.15, 0.2) is 0 Å². The van der Waals surface area contributed by atoms with Crippen molar-refractivity contribution in [2.75, 3.05) is 11.9 Å². The molecule has 0 aliphatic rings. The predicted molar refractivity (Wildman–Crippen MR) is 133 cm³/mol. The summed E-state index contributed by atoms with van der Waals surface area (Å²) in [4.78, 5) is 24.0. The molecule has 0 heterocycles. The summed E-state index contributed by atoms with van der Waals surface area (Å²) in [6.45, 7) is 2.92. The molecule has 34 heavy (non-hydrogen) atoms. The Balaban J connectivity index is 1.36. The van der Waals surface area contributed by atoms with Crippen LogP contribution in [-0.4, -0.2) is 24.6 Å². The van der Waals surface area contributed by atoms with E-state index in [0.29, 0.717) is 23.9 Å². The maximum absolute atomic E-state index is 12.0. The monoisotopic (exact) mass is 479 g/mol. The van der Waals surface area contributed by atoms with Crippen molar-refractivity contribution in [2.45, 2.75) is 26.4 Å². The third kappa shape index (κ3) is 8.60. The zero-order chi connectivity index (χ0) is 24.2. The number of hydrazone groups is 1. The van der Waals surface area contributed by atoms with Gasteiger partial charge in [-0.1, -0.05) is 23.7 Å². The summed E-state index contributed by atoms with van der Waals surface area (Å²) in [6, 6.07) is 21.8. The molecule has 0 aliphatic carbocycles. The average Bonchev–Trinajstić information content (AvgIpc) is 2.85. The fourth-order valence-electron chi connectivity index (χ4n) is 2.88. The first-order valence-electron chi connectivity index (χ1n) is 10.8. The molecule has 0 saturated carbocycles. The van der Waals surface area contributed by atoms with Crippen LogP contribution in [0.15, 0.2) is 77.9 Å². The van der Waals surface area contributed by atoms with E-state index >= 15 is 0 Å². The van der Waals surface area contributed by atoms with E-state index < -0.39 is 0 Å². The fourth-order valence-corrected chi connectivity index (χ4v) is 3.01. The molecule has 0 aromatic heterocycles. The highest BCUT2D eigenvalue weighted by molar-refractivity contribution is 6.30. The van der Waals surface area contributed by atoms with Gasteiger partial charge in [-0.3, -0.25) is 9.59 Å². The van der Waals surface area contributed by atoms with Crippen molar-refractivity contribution in [1.29, 1.82) is 0 Å². The third-order valence-corrected chi connectivity index (χ3v) is 4.88. The van der Waals surface area contributed by atoms with E-state index in [1.807, 2.05) is 55.5 Å². The van der Waals surface area contributed by atoms with Crippen LogP contribution in [0, 0.1) is 0 Å². The number of anilines is 1. The van der Waals surface area contributed by atoms with E-state index in [2.05, 4.69) is 15.8 Å². The topological polar surface area (TPSA) is 89.0 Å². The van der Waals surface area contributed by atoms with Crippen LogP contribution in [0.3, 0.4) is 0 Å². The number of benzene rings is 3. The minimum absolute atomic E-state index is 0.0255. The Kier molecular flexibility index (Phi) is 9.49. The molecule has 8 heteroatoms. The molecular formula is C26H26ClN3O4. The van der Waals surface area contributed by atoms with Gasteiger partial charge in [-0.25, -0.2) is 5.43 Å². The molecule has 2 N–H and O–H groups in total. The minimum atomic E-state index is -0.346. The highest BCUT2D eigenvalue weighted by Crippen LogP contribution is 2.16. The normalized spacial score (nSPS) is 10.6. The van der Waals surface area contributed by atoms with Gasteiger partial charge in [0.1, 0.15) is 18.1 Å². The maximum Gasteiger partial charge on any atom is 0.240 e. The van der Waals surface area contributed by atoms with Crippen molar-refractivity contribution in [2.24, 2.45) is 5.10 Å². The second-order valence-corrected chi connectivity index (χ2v) is 7.72. The molecule has 0 atom stereocenters. The number of rotatable bonds is 11. The van der Waals surface area contributed by atoms with Crippen molar-refractivity contribution in [3.63, 3.8) is 0 Å². The second kappa shape index (κ2) is 13.0. The summed E-state index contributed by atoms with van der Waals surface area (Å²) >= 11 is 5.88. The average molecular weight is 480 g/mol. The number of halogens is 1. The van der Waals surface area contributed by atoms with E-state index in [1.54, 1.807) is 24.3 Å². The fraction of sp³-hybridized carbons (Fsp3) is 0.192. The lowest BCUT2D eigenvalue weighted by atomic mass is 10.2. The van der Waals surface area contributed by atoms with Crippen molar-refractivity contribution >= 4 is 35.3 Å². The van der Waals surface area contributed by atoms with Gasteiger partial charge in [0.2, 0.25) is 11.8 Å². The van der Waals surface area contributed by atoms with Crippen LogP contribution in [-0.2, 0) is 16.2 Å².